The summed E-state index contributed by atoms with van der Waals surface area (Å²) in [5.74, 6) is 2.13. The number of benzene rings is 2. The summed E-state index contributed by atoms with van der Waals surface area (Å²) in [6.45, 7) is 7.83. The van der Waals surface area contributed by atoms with Crippen LogP contribution in [0.1, 0.15) is 86.1 Å². The second-order valence-electron chi connectivity index (χ2n) is 13.1. The van der Waals surface area contributed by atoms with Crippen LogP contribution in [0.15, 0.2) is 64.1 Å². The molecular weight excluding hydrogens is 512 g/mol. The predicted octanol–water partition coefficient (Wildman–Crippen LogP) is 7.05. The highest BCUT2D eigenvalue weighted by molar-refractivity contribution is 6.05. The predicted molar refractivity (Wildman–Crippen MR) is 161 cm³/mol. The fourth-order valence-corrected chi connectivity index (χ4v) is 5.92. The number of aliphatic imine (C=N–C) groups is 1. The van der Waals surface area contributed by atoms with Crippen LogP contribution in [-0.4, -0.2) is 37.0 Å². The third-order valence-corrected chi connectivity index (χ3v) is 8.65. The van der Waals surface area contributed by atoms with Crippen LogP contribution in [-0.2, 0) is 34.2 Å². The van der Waals surface area contributed by atoms with Gasteiger partial charge in [0.15, 0.2) is 0 Å². The molecule has 6 heteroatoms. The number of fused-ring (bicyclic) bond motifs is 3. The zero-order valence-corrected chi connectivity index (χ0v) is 24.7. The maximum Gasteiger partial charge on any atom is 0.143 e. The molecule has 1 aromatic heterocycles. The fourth-order valence-electron chi connectivity index (χ4n) is 5.92. The van der Waals surface area contributed by atoms with Gasteiger partial charge in [0.1, 0.15) is 17.3 Å². The average Bonchev–Trinajstić information content (AvgIpc) is 3.23. The van der Waals surface area contributed by atoms with Gasteiger partial charge in [-0.3, -0.25) is 9.79 Å². The summed E-state index contributed by atoms with van der Waals surface area (Å²) < 4.78 is 16.9. The highest BCUT2D eigenvalue weighted by Crippen LogP contribution is 2.50. The van der Waals surface area contributed by atoms with Gasteiger partial charge in [-0.1, -0.05) is 56.3 Å². The molecule has 1 saturated carbocycles. The molecule has 41 heavy (non-hydrogen) atoms. The molecule has 2 aliphatic carbocycles. The molecule has 1 fully saturated rings. The Morgan fingerprint density at radius 1 is 1.07 bits per heavy atom. The molecule has 0 spiro atoms. The SMILES string of the molecule is COCCCC1(COc2ccc3c(c2)CC2=NC(c4ccc(CC(=O)Cc5cc(C(C)(C)C)on5)cc4)=CC23)CC1. The lowest BCUT2D eigenvalue weighted by molar-refractivity contribution is -0.117. The summed E-state index contributed by atoms with van der Waals surface area (Å²) in [6.07, 6.45) is 8.58. The van der Waals surface area contributed by atoms with Crippen molar-refractivity contribution in [2.45, 2.75) is 77.0 Å². The van der Waals surface area contributed by atoms with Gasteiger partial charge in [0.25, 0.3) is 0 Å². The molecule has 6 nitrogen and oxygen atoms in total. The molecule has 6 rings (SSSR count). The van der Waals surface area contributed by atoms with E-state index in [4.69, 9.17) is 19.0 Å². The van der Waals surface area contributed by atoms with Crippen LogP contribution in [0.3, 0.4) is 0 Å². The summed E-state index contributed by atoms with van der Waals surface area (Å²) in [4.78, 5) is 17.7. The van der Waals surface area contributed by atoms with E-state index in [9.17, 15) is 4.79 Å². The highest BCUT2D eigenvalue weighted by atomic mass is 16.5. The number of nitrogens with zero attached hydrogens (tertiary/aromatic N) is 2. The van der Waals surface area contributed by atoms with Crippen LogP contribution >= 0.6 is 0 Å². The summed E-state index contributed by atoms with van der Waals surface area (Å²) in [5, 5.41) is 4.08. The highest BCUT2D eigenvalue weighted by Gasteiger charge is 2.42. The van der Waals surface area contributed by atoms with Crippen LogP contribution < -0.4 is 4.74 Å². The van der Waals surface area contributed by atoms with E-state index in [1.807, 2.05) is 18.2 Å². The minimum atomic E-state index is -0.121. The third-order valence-electron chi connectivity index (χ3n) is 8.65. The number of methoxy groups -OCH3 is 1. The van der Waals surface area contributed by atoms with Gasteiger partial charge in [-0.2, -0.15) is 0 Å². The van der Waals surface area contributed by atoms with Crippen molar-refractivity contribution in [3.63, 3.8) is 0 Å². The van der Waals surface area contributed by atoms with E-state index in [-0.39, 0.29) is 23.5 Å². The van der Waals surface area contributed by atoms with Crippen LogP contribution in [0.5, 0.6) is 5.75 Å². The van der Waals surface area contributed by atoms with E-state index in [0.717, 1.165) is 54.4 Å². The number of aromatic nitrogens is 1. The Balaban J connectivity index is 1.04. The maximum absolute atomic E-state index is 12.7. The first-order valence-electron chi connectivity index (χ1n) is 14.8. The van der Waals surface area contributed by atoms with Crippen molar-refractivity contribution < 1.29 is 18.8 Å². The molecule has 2 heterocycles. The monoisotopic (exact) mass is 552 g/mol. The molecule has 1 atom stereocenters. The minimum Gasteiger partial charge on any atom is -0.493 e. The Morgan fingerprint density at radius 2 is 1.88 bits per heavy atom. The first kappa shape index (κ1) is 27.6. The number of ketones is 1. The molecule has 0 bridgehead atoms. The molecule has 0 radical (unpaired) electrons. The molecule has 0 N–H and O–H groups in total. The second kappa shape index (κ2) is 11.1. The molecule has 0 amide bonds. The van der Waals surface area contributed by atoms with Gasteiger partial charge in [-0.15, -0.1) is 0 Å². The molecule has 1 aliphatic heterocycles. The second-order valence-corrected chi connectivity index (χ2v) is 13.1. The third kappa shape index (κ3) is 6.23. The van der Waals surface area contributed by atoms with Crippen molar-refractivity contribution in [3.05, 3.63) is 88.3 Å². The first-order valence-corrected chi connectivity index (χ1v) is 14.8. The molecule has 0 saturated heterocycles. The van der Waals surface area contributed by atoms with Gasteiger partial charge < -0.3 is 14.0 Å². The molecule has 3 aromatic rings. The lowest BCUT2D eigenvalue weighted by atomic mass is 9.93. The van der Waals surface area contributed by atoms with Crippen LogP contribution in [0.25, 0.3) is 5.70 Å². The van der Waals surface area contributed by atoms with E-state index in [1.54, 1.807) is 7.11 Å². The Labute approximate surface area is 242 Å². The normalized spacial score (nSPS) is 18.5. The number of rotatable bonds is 12. The van der Waals surface area contributed by atoms with Crippen molar-refractivity contribution in [3.8, 4) is 5.75 Å². The van der Waals surface area contributed by atoms with Gasteiger partial charge in [-0.25, -0.2) is 0 Å². The number of carbonyl (C=O) groups is 1. The Bertz CT molecular complexity index is 1490. The topological polar surface area (TPSA) is 73.9 Å². The van der Waals surface area contributed by atoms with Crippen molar-refractivity contribution in [2.24, 2.45) is 10.4 Å². The van der Waals surface area contributed by atoms with Gasteiger partial charge in [0, 0.05) is 55.1 Å². The summed E-state index contributed by atoms with van der Waals surface area (Å²) >= 11 is 0. The number of hydrogen-bond acceptors (Lipinski definition) is 6. The van der Waals surface area contributed by atoms with E-state index in [2.05, 4.69) is 62.3 Å². The molecule has 1 unspecified atom stereocenters. The zero-order valence-electron chi connectivity index (χ0n) is 24.7. The standard InChI is InChI=1S/C35H40N2O4/c1-34(2,3)33-20-26(37-41-33)19-27(38)16-23-6-8-24(9-7-23)31-21-30-29-11-10-28(17-25(29)18-32(30)36-31)40-22-35(13-14-35)12-5-15-39-4/h6-11,17,20-21,30H,5,12-16,18-19,22H2,1-4H3. The molecule has 214 valence electrons. The lowest BCUT2D eigenvalue weighted by Gasteiger charge is -2.16. The molecular formula is C35H40N2O4. The van der Waals surface area contributed by atoms with Gasteiger partial charge in [0.05, 0.1) is 24.4 Å². The Kier molecular flexibility index (Phi) is 7.45. The molecule has 2 aromatic carbocycles. The largest absolute Gasteiger partial charge is 0.493 e. The molecule has 3 aliphatic rings. The van der Waals surface area contributed by atoms with E-state index < -0.39 is 0 Å². The zero-order chi connectivity index (χ0) is 28.6. The fraction of sp³-hybridized carbons (Fsp3) is 0.457. The van der Waals surface area contributed by atoms with Gasteiger partial charge in [-0.05, 0) is 66.1 Å². The van der Waals surface area contributed by atoms with E-state index in [0.29, 0.717) is 17.5 Å². The van der Waals surface area contributed by atoms with Gasteiger partial charge in [0.2, 0.25) is 0 Å². The summed E-state index contributed by atoms with van der Waals surface area (Å²) in [5.41, 5.74) is 7.87. The average molecular weight is 553 g/mol. The number of carbonyl (C=O) groups excluding carboxylic acids is 1. The maximum atomic E-state index is 12.7. The number of ether oxygens (including phenoxy) is 2. The van der Waals surface area contributed by atoms with Crippen molar-refractivity contribution >= 4 is 17.2 Å². The van der Waals surface area contributed by atoms with Crippen molar-refractivity contribution in [1.29, 1.82) is 0 Å². The van der Waals surface area contributed by atoms with E-state index in [1.165, 1.54) is 36.1 Å². The van der Waals surface area contributed by atoms with Crippen LogP contribution in [0.2, 0.25) is 0 Å². The Morgan fingerprint density at radius 3 is 2.59 bits per heavy atom. The number of allylic oxidation sites excluding steroid dienone is 1. The quantitative estimate of drug-likeness (QED) is 0.225. The van der Waals surface area contributed by atoms with Gasteiger partial charge >= 0.3 is 0 Å². The number of hydrogen-bond donors (Lipinski definition) is 0. The van der Waals surface area contributed by atoms with E-state index >= 15 is 0 Å². The minimum absolute atomic E-state index is 0.121. The summed E-state index contributed by atoms with van der Waals surface area (Å²) in [7, 11) is 1.77. The van der Waals surface area contributed by atoms with Crippen LogP contribution in [0.4, 0.5) is 0 Å². The Hall–Kier alpha value is -3.51. The first-order chi connectivity index (χ1) is 19.7. The van der Waals surface area contributed by atoms with Crippen molar-refractivity contribution in [2.75, 3.05) is 20.3 Å². The van der Waals surface area contributed by atoms with Crippen molar-refractivity contribution in [1.82, 2.24) is 5.16 Å². The summed E-state index contributed by atoms with van der Waals surface area (Å²) in [6, 6.07) is 16.7. The van der Waals surface area contributed by atoms with Crippen LogP contribution in [0, 0.1) is 5.41 Å². The lowest BCUT2D eigenvalue weighted by Crippen LogP contribution is -2.14. The number of Topliss-reactive ketones (excluding diaryl/α,β-unsaturated/α-hetero) is 1. The smallest absolute Gasteiger partial charge is 0.143 e.